The van der Waals surface area contributed by atoms with Gasteiger partial charge < -0.3 is 9.84 Å². The minimum Gasteiger partial charge on any atom is -0.465 e. The van der Waals surface area contributed by atoms with Crippen molar-refractivity contribution in [3.63, 3.8) is 0 Å². The topological polar surface area (TPSA) is 83.9 Å². The lowest BCUT2D eigenvalue weighted by Crippen LogP contribution is -2.40. The first-order valence-corrected chi connectivity index (χ1v) is 8.13. The fourth-order valence-electron chi connectivity index (χ4n) is 1.96. The highest BCUT2D eigenvalue weighted by Crippen LogP contribution is 2.27. The first kappa shape index (κ1) is 14.4. The van der Waals surface area contributed by atoms with Crippen LogP contribution in [0.2, 0.25) is 0 Å². The van der Waals surface area contributed by atoms with Crippen molar-refractivity contribution in [3.8, 4) is 0 Å². The lowest BCUT2D eigenvalue weighted by Gasteiger charge is -2.28. The number of carbonyl (C=O) groups excluding carboxylic acids is 1. The number of sulfonamides is 1. The molecule has 1 aromatic heterocycles. The zero-order valence-electron chi connectivity index (χ0n) is 10.4. The predicted molar refractivity (Wildman–Crippen MR) is 69.7 cm³/mol. The van der Waals surface area contributed by atoms with Gasteiger partial charge in [0.15, 0.2) is 0 Å². The molecular weight excluding hydrogens is 290 g/mol. The maximum atomic E-state index is 12.4. The van der Waals surface area contributed by atoms with E-state index in [0.29, 0.717) is 12.8 Å². The number of hydrogen-bond donors (Lipinski definition) is 1. The molecule has 0 aliphatic carbocycles. The number of carbonyl (C=O) groups is 1. The van der Waals surface area contributed by atoms with Gasteiger partial charge in [0.2, 0.25) is 10.0 Å². The fraction of sp³-hybridized carbons (Fsp3) is 0.545. The van der Waals surface area contributed by atoms with Crippen molar-refractivity contribution in [1.82, 2.24) is 4.31 Å². The zero-order chi connectivity index (χ0) is 14.0. The van der Waals surface area contributed by atoms with E-state index < -0.39 is 22.1 Å². The maximum absolute atomic E-state index is 12.4. The summed E-state index contributed by atoms with van der Waals surface area (Å²) in [5.41, 5.74) is 0. The Hall–Kier alpha value is -0.960. The van der Waals surface area contributed by atoms with Gasteiger partial charge in [0.1, 0.15) is 9.77 Å². The summed E-state index contributed by atoms with van der Waals surface area (Å²) in [5.74, 6) is -0.648. The van der Waals surface area contributed by atoms with Crippen molar-refractivity contribution in [3.05, 3.63) is 16.3 Å². The molecule has 0 unspecified atom stereocenters. The predicted octanol–water partition coefficient (Wildman–Crippen LogP) is 0.680. The van der Waals surface area contributed by atoms with Crippen LogP contribution in [-0.4, -0.2) is 50.1 Å². The highest BCUT2D eigenvalue weighted by atomic mass is 32.2. The quantitative estimate of drug-likeness (QED) is 0.830. The van der Waals surface area contributed by atoms with Crippen LogP contribution in [0.3, 0.4) is 0 Å². The van der Waals surface area contributed by atoms with Gasteiger partial charge in [-0.05, 0) is 24.3 Å². The summed E-state index contributed by atoms with van der Waals surface area (Å²) in [4.78, 5) is 11.6. The molecule has 0 aromatic carbocycles. The van der Waals surface area contributed by atoms with Crippen molar-refractivity contribution in [2.45, 2.75) is 23.8 Å². The zero-order valence-corrected chi connectivity index (χ0v) is 12.0. The van der Waals surface area contributed by atoms with E-state index in [-0.39, 0.29) is 22.9 Å². The summed E-state index contributed by atoms with van der Waals surface area (Å²) in [6, 6.07) is 1.41. The second-order valence-electron chi connectivity index (χ2n) is 4.24. The van der Waals surface area contributed by atoms with Crippen LogP contribution >= 0.6 is 11.3 Å². The van der Waals surface area contributed by atoms with Crippen molar-refractivity contribution in [1.29, 1.82) is 0 Å². The highest BCUT2D eigenvalue weighted by Gasteiger charge is 2.32. The number of piperidine rings is 1. The van der Waals surface area contributed by atoms with Crippen LogP contribution in [0.15, 0.2) is 16.3 Å². The third kappa shape index (κ3) is 2.81. The average molecular weight is 305 g/mol. The second kappa shape index (κ2) is 5.58. The third-order valence-corrected chi connectivity index (χ3v) is 6.01. The van der Waals surface area contributed by atoms with Gasteiger partial charge in [-0.25, -0.2) is 13.2 Å². The number of aliphatic hydroxyl groups is 1. The van der Waals surface area contributed by atoms with E-state index in [2.05, 4.69) is 4.74 Å². The lowest BCUT2D eigenvalue weighted by atomic mass is 10.1. The average Bonchev–Trinajstić information content (AvgIpc) is 2.88. The van der Waals surface area contributed by atoms with Crippen molar-refractivity contribution < 1.29 is 23.1 Å². The van der Waals surface area contributed by atoms with Gasteiger partial charge in [-0.15, -0.1) is 11.3 Å². The Kier molecular flexibility index (Phi) is 4.24. The Balaban J connectivity index is 2.30. The summed E-state index contributed by atoms with van der Waals surface area (Å²) in [7, 11) is -2.48. The van der Waals surface area contributed by atoms with Crippen LogP contribution in [0, 0.1) is 0 Å². The standard InChI is InChI=1S/C11H15NO5S2/c1-17-11(14)10-9(4-7-18-10)19(15,16)12-5-2-8(13)3-6-12/h4,7-8,13H,2-3,5-6H2,1H3. The maximum Gasteiger partial charge on any atom is 0.349 e. The summed E-state index contributed by atoms with van der Waals surface area (Å²) in [5, 5.41) is 11.0. The van der Waals surface area contributed by atoms with Gasteiger partial charge in [-0.2, -0.15) is 4.31 Å². The van der Waals surface area contributed by atoms with Gasteiger partial charge in [-0.1, -0.05) is 0 Å². The van der Waals surface area contributed by atoms with Crippen LogP contribution in [0.1, 0.15) is 22.5 Å². The summed E-state index contributed by atoms with van der Waals surface area (Å²) < 4.78 is 30.8. The van der Waals surface area contributed by atoms with Gasteiger partial charge in [0.25, 0.3) is 0 Å². The van der Waals surface area contributed by atoms with E-state index in [1.54, 1.807) is 5.38 Å². The molecule has 0 radical (unpaired) electrons. The van der Waals surface area contributed by atoms with E-state index in [1.807, 2.05) is 0 Å². The van der Waals surface area contributed by atoms with Gasteiger partial charge in [0.05, 0.1) is 13.2 Å². The molecule has 19 heavy (non-hydrogen) atoms. The van der Waals surface area contributed by atoms with E-state index in [0.717, 1.165) is 11.3 Å². The number of rotatable bonds is 3. The van der Waals surface area contributed by atoms with Crippen molar-refractivity contribution in [2.75, 3.05) is 20.2 Å². The second-order valence-corrected chi connectivity index (χ2v) is 7.06. The van der Waals surface area contributed by atoms with Gasteiger partial charge in [-0.3, -0.25) is 0 Å². The Morgan fingerprint density at radius 3 is 2.68 bits per heavy atom. The van der Waals surface area contributed by atoms with Crippen LogP contribution in [0.5, 0.6) is 0 Å². The minimum absolute atomic E-state index is 0.0132. The van der Waals surface area contributed by atoms with Gasteiger partial charge in [0, 0.05) is 13.1 Å². The molecule has 1 fully saturated rings. The molecule has 1 N–H and O–H groups in total. The van der Waals surface area contributed by atoms with E-state index in [9.17, 15) is 18.3 Å². The number of ether oxygens (including phenoxy) is 1. The minimum atomic E-state index is -3.70. The molecule has 2 heterocycles. The van der Waals surface area contributed by atoms with Crippen LogP contribution < -0.4 is 0 Å². The van der Waals surface area contributed by atoms with Crippen LogP contribution in [0.25, 0.3) is 0 Å². The summed E-state index contributed by atoms with van der Waals surface area (Å²) in [6.45, 7) is 0.528. The molecule has 8 heteroatoms. The van der Waals surface area contributed by atoms with Gasteiger partial charge >= 0.3 is 5.97 Å². The number of thiophene rings is 1. The Morgan fingerprint density at radius 2 is 2.11 bits per heavy atom. The number of methoxy groups -OCH3 is 1. The Bertz CT molecular complexity index is 557. The molecule has 0 atom stereocenters. The molecule has 0 spiro atoms. The molecule has 0 saturated carbocycles. The molecule has 1 aliphatic heterocycles. The van der Waals surface area contributed by atoms with Crippen molar-refractivity contribution >= 4 is 27.3 Å². The molecule has 1 aliphatic rings. The number of hydrogen-bond acceptors (Lipinski definition) is 6. The monoisotopic (exact) mass is 305 g/mol. The molecule has 0 amide bonds. The summed E-state index contributed by atoms with van der Waals surface area (Å²) in [6.07, 6.45) is 0.377. The first-order chi connectivity index (χ1) is 8.96. The van der Waals surface area contributed by atoms with Crippen molar-refractivity contribution in [2.24, 2.45) is 0 Å². The lowest BCUT2D eigenvalue weighted by molar-refractivity contribution is 0.0601. The molecule has 0 bridgehead atoms. The fourth-order valence-corrected chi connectivity index (χ4v) is 4.74. The number of aliphatic hydroxyl groups excluding tert-OH is 1. The normalized spacial score (nSPS) is 18.4. The third-order valence-electron chi connectivity index (χ3n) is 3.04. The number of nitrogens with zero attached hydrogens (tertiary/aromatic N) is 1. The smallest absolute Gasteiger partial charge is 0.349 e. The molecule has 6 nitrogen and oxygen atoms in total. The first-order valence-electron chi connectivity index (χ1n) is 5.81. The van der Waals surface area contributed by atoms with Crippen LogP contribution in [0.4, 0.5) is 0 Å². The Morgan fingerprint density at radius 1 is 1.47 bits per heavy atom. The largest absolute Gasteiger partial charge is 0.465 e. The molecular formula is C11H15NO5S2. The molecule has 2 rings (SSSR count). The highest BCUT2D eigenvalue weighted by molar-refractivity contribution is 7.89. The number of esters is 1. The Labute approximate surface area is 115 Å². The van der Waals surface area contributed by atoms with E-state index in [1.165, 1.54) is 17.5 Å². The summed E-state index contributed by atoms with van der Waals surface area (Å²) >= 11 is 1.04. The van der Waals surface area contributed by atoms with E-state index >= 15 is 0 Å². The molecule has 1 aromatic rings. The van der Waals surface area contributed by atoms with E-state index in [4.69, 9.17) is 0 Å². The molecule has 1 saturated heterocycles. The molecule has 106 valence electrons. The SMILES string of the molecule is COC(=O)c1sccc1S(=O)(=O)N1CCC(O)CC1. The van der Waals surface area contributed by atoms with Crippen LogP contribution in [-0.2, 0) is 14.8 Å².